The summed E-state index contributed by atoms with van der Waals surface area (Å²) in [7, 11) is 0. The molecular weight excluding hydrogens is 542 g/mol. The fourth-order valence-electron chi connectivity index (χ4n) is 4.82. The van der Waals surface area contributed by atoms with Gasteiger partial charge in [-0.2, -0.15) is 0 Å². The van der Waals surface area contributed by atoms with Gasteiger partial charge < -0.3 is 9.73 Å². The number of fused-ring (bicyclic) bond motifs is 1. The van der Waals surface area contributed by atoms with Crippen LogP contribution >= 0.6 is 22.9 Å². The minimum atomic E-state index is -0.637. The average Bonchev–Trinajstić information content (AvgIpc) is 3.54. The molecular formula is C32H24ClN3O3S. The highest BCUT2D eigenvalue weighted by molar-refractivity contribution is 7.07. The van der Waals surface area contributed by atoms with E-state index in [1.807, 2.05) is 98.8 Å². The maximum atomic E-state index is 13.9. The number of carbonyl (C=O) groups is 1. The minimum Gasteiger partial charge on any atom is -0.457 e. The van der Waals surface area contributed by atoms with E-state index < -0.39 is 6.04 Å². The summed E-state index contributed by atoms with van der Waals surface area (Å²) in [6.07, 6.45) is 1.71. The molecule has 0 saturated carbocycles. The summed E-state index contributed by atoms with van der Waals surface area (Å²) in [5.74, 6) is 0.885. The van der Waals surface area contributed by atoms with E-state index in [1.54, 1.807) is 16.7 Å². The predicted octanol–water partition coefficient (Wildman–Crippen LogP) is 6.10. The van der Waals surface area contributed by atoms with Gasteiger partial charge in [0.15, 0.2) is 4.80 Å². The third-order valence-corrected chi connectivity index (χ3v) is 8.00. The number of anilines is 1. The Bertz CT molecular complexity index is 1970. The van der Waals surface area contributed by atoms with Crippen LogP contribution in [0.25, 0.3) is 17.4 Å². The van der Waals surface area contributed by atoms with Crippen molar-refractivity contribution in [2.75, 3.05) is 5.32 Å². The number of nitrogens with zero attached hydrogens (tertiary/aromatic N) is 2. The Morgan fingerprint density at radius 3 is 2.55 bits per heavy atom. The van der Waals surface area contributed by atoms with Crippen molar-refractivity contribution in [3.05, 3.63) is 144 Å². The van der Waals surface area contributed by atoms with Crippen LogP contribution in [0.4, 0.5) is 5.69 Å². The molecule has 0 bridgehead atoms. The van der Waals surface area contributed by atoms with Crippen LogP contribution in [0.1, 0.15) is 29.9 Å². The van der Waals surface area contributed by atoms with Crippen molar-refractivity contribution in [2.24, 2.45) is 4.99 Å². The monoisotopic (exact) mass is 565 g/mol. The summed E-state index contributed by atoms with van der Waals surface area (Å²) in [4.78, 5) is 32.8. The van der Waals surface area contributed by atoms with E-state index in [2.05, 4.69) is 5.32 Å². The first-order valence-electron chi connectivity index (χ1n) is 12.7. The summed E-state index contributed by atoms with van der Waals surface area (Å²) < 4.78 is 8.09. The normalized spacial score (nSPS) is 15.1. The van der Waals surface area contributed by atoms with Crippen LogP contribution in [-0.2, 0) is 4.79 Å². The molecule has 2 aromatic heterocycles. The fourth-order valence-corrected chi connectivity index (χ4v) is 6.04. The molecule has 1 aliphatic heterocycles. The van der Waals surface area contributed by atoms with Crippen molar-refractivity contribution < 1.29 is 9.21 Å². The lowest BCUT2D eigenvalue weighted by atomic mass is 9.95. The van der Waals surface area contributed by atoms with Crippen molar-refractivity contribution >= 4 is 40.6 Å². The molecule has 0 aliphatic carbocycles. The lowest BCUT2D eigenvalue weighted by Crippen LogP contribution is -2.40. The van der Waals surface area contributed by atoms with Gasteiger partial charge in [-0.3, -0.25) is 14.2 Å². The van der Waals surface area contributed by atoms with Gasteiger partial charge in [0.25, 0.3) is 11.5 Å². The number of hydrogen-bond donors (Lipinski definition) is 1. The zero-order valence-corrected chi connectivity index (χ0v) is 23.3. The molecule has 1 N–H and O–H groups in total. The van der Waals surface area contributed by atoms with E-state index in [4.69, 9.17) is 21.0 Å². The topological polar surface area (TPSA) is 76.6 Å². The molecule has 6 nitrogen and oxygen atoms in total. The maximum absolute atomic E-state index is 13.9. The van der Waals surface area contributed by atoms with Crippen LogP contribution in [0, 0.1) is 6.92 Å². The highest BCUT2D eigenvalue weighted by Gasteiger charge is 2.32. The molecule has 198 valence electrons. The highest BCUT2D eigenvalue weighted by atomic mass is 35.5. The smallest absolute Gasteiger partial charge is 0.271 e. The molecule has 40 heavy (non-hydrogen) atoms. The van der Waals surface area contributed by atoms with Crippen LogP contribution in [-0.4, -0.2) is 10.5 Å². The van der Waals surface area contributed by atoms with E-state index >= 15 is 0 Å². The molecule has 0 radical (unpaired) electrons. The van der Waals surface area contributed by atoms with Crippen LogP contribution in [0.15, 0.2) is 116 Å². The summed E-state index contributed by atoms with van der Waals surface area (Å²) in [5, 5.41) is 3.64. The molecule has 0 fully saturated rings. The number of aromatic nitrogens is 1. The molecule has 6 rings (SSSR count). The second-order valence-electron chi connectivity index (χ2n) is 9.47. The van der Waals surface area contributed by atoms with Crippen LogP contribution in [0.5, 0.6) is 0 Å². The summed E-state index contributed by atoms with van der Waals surface area (Å²) in [6, 6.07) is 27.6. The van der Waals surface area contributed by atoms with Crippen LogP contribution in [0.2, 0.25) is 5.02 Å². The predicted molar refractivity (Wildman–Crippen MR) is 159 cm³/mol. The Labute approximate surface area is 239 Å². The molecule has 8 heteroatoms. The highest BCUT2D eigenvalue weighted by Crippen LogP contribution is 2.31. The number of benzene rings is 3. The number of allylic oxidation sites excluding steroid dienone is 1. The van der Waals surface area contributed by atoms with Gasteiger partial charge in [0.1, 0.15) is 11.5 Å². The standard InChI is InChI=1S/C32H24ClN3O3S/c1-19-9-6-7-14-25(19)35-30(37)28-20(2)34-32-36(29(28)21-10-4-3-5-11-21)31(38)27(40-32)18-24-15-16-26(39-24)22-12-8-13-23(33)17-22/h3-18,29H,1-2H3,(H,35,37)/b27-18+. The number of rotatable bonds is 5. The number of amides is 1. The second kappa shape index (κ2) is 10.6. The van der Waals surface area contributed by atoms with E-state index in [-0.39, 0.29) is 11.5 Å². The number of aryl methyl sites for hydroxylation is 1. The van der Waals surface area contributed by atoms with Crippen LogP contribution < -0.4 is 20.2 Å². The van der Waals surface area contributed by atoms with Crippen molar-refractivity contribution in [3.8, 4) is 11.3 Å². The van der Waals surface area contributed by atoms with Gasteiger partial charge in [0, 0.05) is 22.3 Å². The minimum absolute atomic E-state index is 0.244. The Kier molecular flexibility index (Phi) is 6.84. The van der Waals surface area contributed by atoms with Gasteiger partial charge >= 0.3 is 0 Å². The number of furan rings is 1. The Morgan fingerprint density at radius 2 is 1.77 bits per heavy atom. The Balaban J connectivity index is 1.44. The van der Waals surface area contributed by atoms with Gasteiger partial charge in [-0.1, -0.05) is 83.6 Å². The molecule has 5 aromatic rings. The lowest BCUT2D eigenvalue weighted by Gasteiger charge is -2.25. The quantitative estimate of drug-likeness (QED) is 0.280. The molecule has 1 unspecified atom stereocenters. The average molecular weight is 566 g/mol. The number of hydrogen-bond acceptors (Lipinski definition) is 5. The SMILES string of the molecule is CC1=C(C(=O)Nc2ccccc2C)C(c2ccccc2)n2c(s/c(=C/c3ccc(-c4cccc(Cl)c4)o3)c2=O)=N1. The van der Waals surface area contributed by atoms with E-state index in [9.17, 15) is 9.59 Å². The lowest BCUT2D eigenvalue weighted by molar-refractivity contribution is -0.113. The van der Waals surface area contributed by atoms with Crippen molar-refractivity contribution in [3.63, 3.8) is 0 Å². The Hall–Kier alpha value is -4.46. The van der Waals surface area contributed by atoms with E-state index in [0.29, 0.717) is 42.8 Å². The number of para-hydroxylation sites is 1. The van der Waals surface area contributed by atoms with Gasteiger partial charge in [0.05, 0.1) is 21.8 Å². The van der Waals surface area contributed by atoms with Crippen molar-refractivity contribution in [2.45, 2.75) is 19.9 Å². The zero-order chi connectivity index (χ0) is 27.8. The second-order valence-corrected chi connectivity index (χ2v) is 10.9. The Morgan fingerprint density at radius 1 is 1.00 bits per heavy atom. The molecule has 3 heterocycles. The molecule has 3 aromatic carbocycles. The first kappa shape index (κ1) is 25.8. The first-order valence-corrected chi connectivity index (χ1v) is 13.9. The zero-order valence-electron chi connectivity index (χ0n) is 21.7. The number of halogens is 1. The molecule has 1 aliphatic rings. The number of thiazole rings is 1. The largest absolute Gasteiger partial charge is 0.457 e. The third kappa shape index (κ3) is 4.85. The van der Waals surface area contributed by atoms with Gasteiger partial charge in [-0.05, 0) is 55.3 Å². The molecule has 0 spiro atoms. The third-order valence-electron chi connectivity index (χ3n) is 6.78. The van der Waals surface area contributed by atoms with Crippen molar-refractivity contribution in [1.82, 2.24) is 4.57 Å². The number of carbonyl (C=O) groups excluding carboxylic acids is 1. The van der Waals surface area contributed by atoms with Gasteiger partial charge in [-0.15, -0.1) is 0 Å². The fraction of sp³-hybridized carbons (Fsp3) is 0.0938. The number of nitrogens with one attached hydrogen (secondary N) is 1. The van der Waals surface area contributed by atoms with E-state index in [1.165, 1.54) is 11.3 Å². The van der Waals surface area contributed by atoms with Crippen LogP contribution in [0.3, 0.4) is 0 Å². The van der Waals surface area contributed by atoms with Gasteiger partial charge in [-0.25, -0.2) is 4.99 Å². The molecule has 1 atom stereocenters. The molecule has 0 saturated heterocycles. The van der Waals surface area contributed by atoms with E-state index in [0.717, 1.165) is 16.7 Å². The first-order chi connectivity index (χ1) is 19.4. The van der Waals surface area contributed by atoms with Gasteiger partial charge in [0.2, 0.25) is 0 Å². The summed E-state index contributed by atoms with van der Waals surface area (Å²) in [5.41, 5.74) is 4.07. The summed E-state index contributed by atoms with van der Waals surface area (Å²) >= 11 is 7.41. The molecule has 1 amide bonds. The summed E-state index contributed by atoms with van der Waals surface area (Å²) in [6.45, 7) is 3.75. The maximum Gasteiger partial charge on any atom is 0.271 e. The van der Waals surface area contributed by atoms with Crippen molar-refractivity contribution in [1.29, 1.82) is 0 Å².